The van der Waals surface area contributed by atoms with Crippen molar-refractivity contribution in [2.45, 2.75) is 38.8 Å². The molecule has 1 rings (SSSR count). The van der Waals surface area contributed by atoms with Crippen molar-refractivity contribution in [2.24, 2.45) is 11.7 Å². The maximum atomic E-state index is 9.19. The van der Waals surface area contributed by atoms with Crippen molar-refractivity contribution in [1.82, 2.24) is 5.32 Å². The van der Waals surface area contributed by atoms with Gasteiger partial charge in [0.1, 0.15) is 0 Å². The van der Waals surface area contributed by atoms with Crippen LogP contribution < -0.4 is 11.1 Å². The number of rotatable bonds is 7. The lowest BCUT2D eigenvalue weighted by atomic mass is 9.90. The Bertz CT molecular complexity index is 342. The van der Waals surface area contributed by atoms with Gasteiger partial charge in [0.25, 0.3) is 0 Å². The second kappa shape index (κ2) is 6.88. The summed E-state index contributed by atoms with van der Waals surface area (Å²) >= 11 is 0. The summed E-state index contributed by atoms with van der Waals surface area (Å²) in [6, 6.07) is 10.6. The second-order valence-electron chi connectivity index (χ2n) is 5.52. The van der Waals surface area contributed by atoms with Crippen LogP contribution in [0.25, 0.3) is 0 Å². The van der Waals surface area contributed by atoms with Crippen LogP contribution in [0.1, 0.15) is 26.3 Å². The Balaban J connectivity index is 2.68. The first-order valence-corrected chi connectivity index (χ1v) is 6.63. The Morgan fingerprint density at radius 3 is 2.39 bits per heavy atom. The average Bonchev–Trinajstić information content (AvgIpc) is 2.38. The molecule has 0 saturated heterocycles. The van der Waals surface area contributed by atoms with Crippen molar-refractivity contribution in [3.63, 3.8) is 0 Å². The molecule has 0 aliphatic rings. The monoisotopic (exact) mass is 250 g/mol. The van der Waals surface area contributed by atoms with Gasteiger partial charge in [-0.1, -0.05) is 37.3 Å². The molecule has 0 aliphatic heterocycles. The Hall–Kier alpha value is -0.900. The highest BCUT2D eigenvalue weighted by Crippen LogP contribution is 2.15. The molecule has 3 unspecified atom stereocenters. The van der Waals surface area contributed by atoms with Crippen LogP contribution in [0.5, 0.6) is 0 Å². The van der Waals surface area contributed by atoms with E-state index in [2.05, 4.69) is 31.3 Å². The summed E-state index contributed by atoms with van der Waals surface area (Å²) in [6.07, 6.45) is 0.896. The predicted octanol–water partition coefficient (Wildman–Crippen LogP) is 1.55. The maximum absolute atomic E-state index is 9.19. The number of aliphatic hydroxyl groups is 1. The molecule has 4 N–H and O–H groups in total. The number of hydrogen-bond acceptors (Lipinski definition) is 3. The molecule has 0 bridgehead atoms. The van der Waals surface area contributed by atoms with Gasteiger partial charge in [0, 0.05) is 24.7 Å². The third kappa shape index (κ3) is 4.41. The van der Waals surface area contributed by atoms with Gasteiger partial charge < -0.3 is 16.2 Å². The highest BCUT2D eigenvalue weighted by Gasteiger charge is 2.26. The van der Waals surface area contributed by atoms with Crippen LogP contribution in [0.4, 0.5) is 0 Å². The minimum absolute atomic E-state index is 0.135. The summed E-state index contributed by atoms with van der Waals surface area (Å²) in [5.41, 5.74) is 7.06. The van der Waals surface area contributed by atoms with E-state index in [0.717, 1.165) is 6.42 Å². The summed E-state index contributed by atoms with van der Waals surface area (Å²) in [4.78, 5) is 0. The molecule has 0 aliphatic carbocycles. The summed E-state index contributed by atoms with van der Waals surface area (Å²) in [5, 5.41) is 12.8. The summed E-state index contributed by atoms with van der Waals surface area (Å²) in [6.45, 7) is 7.04. The molecule has 3 nitrogen and oxygen atoms in total. The summed E-state index contributed by atoms with van der Waals surface area (Å²) < 4.78 is 0. The van der Waals surface area contributed by atoms with Gasteiger partial charge in [0.2, 0.25) is 0 Å². The number of benzene rings is 1. The van der Waals surface area contributed by atoms with Gasteiger partial charge in [0.05, 0.1) is 0 Å². The van der Waals surface area contributed by atoms with Crippen LogP contribution in [0, 0.1) is 5.92 Å². The van der Waals surface area contributed by atoms with Crippen molar-refractivity contribution in [3.05, 3.63) is 35.9 Å². The maximum Gasteiger partial charge on any atom is 0.0471 e. The Morgan fingerprint density at radius 2 is 1.89 bits per heavy atom. The van der Waals surface area contributed by atoms with Gasteiger partial charge in [-0.25, -0.2) is 0 Å². The molecule has 3 atom stereocenters. The summed E-state index contributed by atoms with van der Waals surface area (Å²) in [7, 11) is 0. The van der Waals surface area contributed by atoms with Crippen LogP contribution >= 0.6 is 0 Å². The predicted molar refractivity (Wildman–Crippen MR) is 76.5 cm³/mol. The minimum Gasteiger partial charge on any atom is -0.396 e. The molecule has 0 fully saturated rings. The molecule has 0 heterocycles. The van der Waals surface area contributed by atoms with E-state index >= 15 is 0 Å². The highest BCUT2D eigenvalue weighted by atomic mass is 16.3. The standard InChI is InChI=1S/C15H26N2O/c1-12(10-18)13(2)17-15(3,11-16)9-14-7-5-4-6-8-14/h4-8,12-13,17-18H,9-11,16H2,1-3H3. The molecule has 102 valence electrons. The fourth-order valence-corrected chi connectivity index (χ4v) is 2.08. The zero-order chi connectivity index (χ0) is 13.6. The highest BCUT2D eigenvalue weighted by molar-refractivity contribution is 5.18. The van der Waals surface area contributed by atoms with Gasteiger partial charge in [0.15, 0.2) is 0 Å². The Morgan fingerprint density at radius 1 is 1.28 bits per heavy atom. The molecule has 18 heavy (non-hydrogen) atoms. The first-order chi connectivity index (χ1) is 8.50. The van der Waals surface area contributed by atoms with Crippen LogP contribution in [0.3, 0.4) is 0 Å². The molecule has 0 saturated carbocycles. The van der Waals surface area contributed by atoms with Crippen molar-refractivity contribution >= 4 is 0 Å². The first-order valence-electron chi connectivity index (χ1n) is 6.63. The van der Waals surface area contributed by atoms with E-state index in [1.54, 1.807) is 0 Å². The molecule has 0 amide bonds. The lowest BCUT2D eigenvalue weighted by Crippen LogP contribution is -2.55. The number of aliphatic hydroxyl groups excluding tert-OH is 1. The molecule has 0 aromatic heterocycles. The van der Waals surface area contributed by atoms with E-state index in [-0.39, 0.29) is 24.1 Å². The van der Waals surface area contributed by atoms with Gasteiger partial charge in [-0.15, -0.1) is 0 Å². The third-order valence-electron chi connectivity index (χ3n) is 3.61. The summed E-state index contributed by atoms with van der Waals surface area (Å²) in [5.74, 6) is 0.228. The van der Waals surface area contributed by atoms with E-state index in [1.807, 2.05) is 25.1 Å². The fourth-order valence-electron chi connectivity index (χ4n) is 2.08. The van der Waals surface area contributed by atoms with Gasteiger partial charge >= 0.3 is 0 Å². The van der Waals surface area contributed by atoms with Crippen molar-refractivity contribution < 1.29 is 5.11 Å². The molecule has 1 aromatic carbocycles. The second-order valence-corrected chi connectivity index (χ2v) is 5.52. The fraction of sp³-hybridized carbons (Fsp3) is 0.600. The normalized spacial score (nSPS) is 18.1. The number of nitrogens with one attached hydrogen (secondary N) is 1. The quantitative estimate of drug-likeness (QED) is 0.688. The zero-order valence-corrected chi connectivity index (χ0v) is 11.7. The van der Waals surface area contributed by atoms with E-state index in [9.17, 15) is 5.11 Å². The molecular weight excluding hydrogens is 224 g/mol. The van der Waals surface area contributed by atoms with Gasteiger partial charge in [-0.2, -0.15) is 0 Å². The lowest BCUT2D eigenvalue weighted by Gasteiger charge is -2.35. The van der Waals surface area contributed by atoms with Crippen molar-refractivity contribution in [3.8, 4) is 0 Å². The van der Waals surface area contributed by atoms with Crippen molar-refractivity contribution in [1.29, 1.82) is 0 Å². The van der Waals surface area contributed by atoms with E-state index < -0.39 is 0 Å². The average molecular weight is 250 g/mol. The van der Waals surface area contributed by atoms with Gasteiger partial charge in [-0.3, -0.25) is 0 Å². The SMILES string of the molecule is CC(CO)C(C)NC(C)(CN)Cc1ccccc1. The molecule has 0 radical (unpaired) electrons. The largest absolute Gasteiger partial charge is 0.396 e. The zero-order valence-electron chi connectivity index (χ0n) is 11.7. The van der Waals surface area contributed by atoms with E-state index in [1.165, 1.54) is 5.56 Å². The van der Waals surface area contributed by atoms with E-state index in [4.69, 9.17) is 5.73 Å². The first kappa shape index (κ1) is 15.2. The van der Waals surface area contributed by atoms with Crippen LogP contribution in [0.2, 0.25) is 0 Å². The van der Waals surface area contributed by atoms with Crippen LogP contribution in [0.15, 0.2) is 30.3 Å². The Labute approximate surface area is 110 Å². The minimum atomic E-state index is -0.135. The van der Waals surface area contributed by atoms with E-state index in [0.29, 0.717) is 6.54 Å². The lowest BCUT2D eigenvalue weighted by molar-refractivity contribution is 0.184. The van der Waals surface area contributed by atoms with Crippen LogP contribution in [-0.2, 0) is 6.42 Å². The molecule has 1 aromatic rings. The van der Waals surface area contributed by atoms with Crippen LogP contribution in [-0.4, -0.2) is 29.8 Å². The Kier molecular flexibility index (Phi) is 5.79. The topological polar surface area (TPSA) is 58.3 Å². The molecule has 0 spiro atoms. The molecular formula is C15H26N2O. The number of hydrogen-bond donors (Lipinski definition) is 3. The van der Waals surface area contributed by atoms with Crippen molar-refractivity contribution in [2.75, 3.05) is 13.2 Å². The van der Waals surface area contributed by atoms with Gasteiger partial charge in [-0.05, 0) is 31.7 Å². The third-order valence-corrected chi connectivity index (χ3v) is 3.61. The molecule has 3 heteroatoms. The smallest absolute Gasteiger partial charge is 0.0471 e. The number of nitrogens with two attached hydrogens (primary N) is 1.